The molecule has 0 aromatic heterocycles. The van der Waals surface area contributed by atoms with Gasteiger partial charge in [-0.2, -0.15) is 0 Å². The highest BCUT2D eigenvalue weighted by molar-refractivity contribution is 6.58. The lowest BCUT2D eigenvalue weighted by Gasteiger charge is -2.09. The summed E-state index contributed by atoms with van der Waals surface area (Å²) in [6.07, 6.45) is 0. The molecule has 0 aliphatic heterocycles. The molecule has 2 aromatic rings. The SMILES string of the molecule is Cc1ccc(OCc2ccc(F)c(B(O)O)c2)cc1F. The van der Waals surface area contributed by atoms with E-state index in [2.05, 4.69) is 0 Å². The number of hydrogen-bond donors (Lipinski definition) is 2. The lowest BCUT2D eigenvalue weighted by Crippen LogP contribution is -2.33. The molecule has 6 heteroatoms. The molecule has 0 fully saturated rings. The smallest absolute Gasteiger partial charge is 0.489 e. The van der Waals surface area contributed by atoms with Crippen LogP contribution in [0.4, 0.5) is 8.78 Å². The summed E-state index contributed by atoms with van der Waals surface area (Å²) in [6.45, 7) is 1.72. The molecule has 0 spiro atoms. The molecule has 0 heterocycles. The van der Waals surface area contributed by atoms with Crippen LogP contribution in [0.25, 0.3) is 0 Å². The van der Waals surface area contributed by atoms with Crippen LogP contribution in [0.5, 0.6) is 5.75 Å². The maximum absolute atomic E-state index is 13.3. The van der Waals surface area contributed by atoms with E-state index < -0.39 is 12.9 Å². The van der Waals surface area contributed by atoms with E-state index in [4.69, 9.17) is 14.8 Å². The maximum Gasteiger partial charge on any atom is 0.491 e. The van der Waals surface area contributed by atoms with Gasteiger partial charge in [0.25, 0.3) is 0 Å². The van der Waals surface area contributed by atoms with Crippen LogP contribution >= 0.6 is 0 Å². The largest absolute Gasteiger partial charge is 0.491 e. The van der Waals surface area contributed by atoms with Gasteiger partial charge in [0.1, 0.15) is 24.0 Å². The van der Waals surface area contributed by atoms with Crippen molar-refractivity contribution >= 4 is 12.6 Å². The van der Waals surface area contributed by atoms with Crippen molar-refractivity contribution in [2.24, 2.45) is 0 Å². The molecule has 0 unspecified atom stereocenters. The Morgan fingerprint density at radius 3 is 2.45 bits per heavy atom. The quantitative estimate of drug-likeness (QED) is 0.834. The molecule has 0 aliphatic carbocycles. The van der Waals surface area contributed by atoms with Crippen molar-refractivity contribution in [2.45, 2.75) is 13.5 Å². The van der Waals surface area contributed by atoms with Crippen molar-refractivity contribution in [3.63, 3.8) is 0 Å². The molecule has 0 bridgehead atoms. The Hall–Kier alpha value is -1.92. The topological polar surface area (TPSA) is 49.7 Å². The number of ether oxygens (including phenoxy) is 1. The zero-order valence-corrected chi connectivity index (χ0v) is 10.8. The first-order chi connectivity index (χ1) is 9.47. The lowest BCUT2D eigenvalue weighted by atomic mass is 9.79. The highest BCUT2D eigenvalue weighted by Crippen LogP contribution is 2.17. The second-order valence-corrected chi connectivity index (χ2v) is 4.43. The number of benzene rings is 2. The molecule has 0 saturated heterocycles. The minimum Gasteiger partial charge on any atom is -0.489 e. The third-order valence-corrected chi connectivity index (χ3v) is 2.89. The fourth-order valence-electron chi connectivity index (χ4n) is 1.71. The van der Waals surface area contributed by atoms with Gasteiger partial charge in [-0.15, -0.1) is 0 Å². The predicted octanol–water partition coefficient (Wildman–Crippen LogP) is 1.53. The average molecular weight is 278 g/mol. The Bertz CT molecular complexity index is 617. The Morgan fingerprint density at radius 2 is 1.80 bits per heavy atom. The first-order valence-corrected chi connectivity index (χ1v) is 6.01. The van der Waals surface area contributed by atoms with Crippen LogP contribution < -0.4 is 10.2 Å². The Balaban J connectivity index is 2.10. The van der Waals surface area contributed by atoms with Gasteiger partial charge in [0.15, 0.2) is 0 Å². The van der Waals surface area contributed by atoms with Crippen molar-refractivity contribution in [3.05, 3.63) is 59.2 Å². The van der Waals surface area contributed by atoms with Gasteiger partial charge < -0.3 is 14.8 Å². The monoisotopic (exact) mass is 278 g/mol. The summed E-state index contributed by atoms with van der Waals surface area (Å²) in [5, 5.41) is 18.0. The summed E-state index contributed by atoms with van der Waals surface area (Å²) in [6, 6.07) is 8.38. The number of rotatable bonds is 4. The van der Waals surface area contributed by atoms with E-state index >= 15 is 0 Å². The molecule has 20 heavy (non-hydrogen) atoms. The van der Waals surface area contributed by atoms with Gasteiger partial charge in [-0.25, -0.2) is 8.78 Å². The second kappa shape index (κ2) is 6.03. The second-order valence-electron chi connectivity index (χ2n) is 4.43. The zero-order chi connectivity index (χ0) is 14.7. The van der Waals surface area contributed by atoms with Crippen LogP contribution in [0, 0.1) is 18.6 Å². The number of hydrogen-bond acceptors (Lipinski definition) is 3. The van der Waals surface area contributed by atoms with Crippen LogP contribution in [0.1, 0.15) is 11.1 Å². The van der Waals surface area contributed by atoms with Gasteiger partial charge in [0, 0.05) is 11.5 Å². The van der Waals surface area contributed by atoms with Gasteiger partial charge in [0.2, 0.25) is 0 Å². The van der Waals surface area contributed by atoms with E-state index in [9.17, 15) is 8.78 Å². The van der Waals surface area contributed by atoms with Crippen molar-refractivity contribution < 1.29 is 23.6 Å². The normalized spacial score (nSPS) is 10.4. The highest BCUT2D eigenvalue weighted by atomic mass is 19.1. The van der Waals surface area contributed by atoms with E-state index in [0.717, 1.165) is 6.07 Å². The first-order valence-electron chi connectivity index (χ1n) is 6.01. The molecule has 0 aliphatic rings. The summed E-state index contributed by atoms with van der Waals surface area (Å²) >= 11 is 0. The van der Waals surface area contributed by atoms with Crippen molar-refractivity contribution in [1.82, 2.24) is 0 Å². The molecular formula is C14H13BF2O3. The average Bonchev–Trinajstić information content (AvgIpc) is 2.41. The van der Waals surface area contributed by atoms with E-state index in [-0.39, 0.29) is 17.9 Å². The van der Waals surface area contributed by atoms with Crippen LogP contribution in [-0.4, -0.2) is 17.2 Å². The predicted molar refractivity (Wildman–Crippen MR) is 71.7 cm³/mol. The summed E-state index contributed by atoms with van der Waals surface area (Å²) in [7, 11) is -1.88. The molecule has 2 rings (SSSR count). The highest BCUT2D eigenvalue weighted by Gasteiger charge is 2.16. The summed E-state index contributed by atoms with van der Waals surface area (Å²) in [5.41, 5.74) is 0.849. The molecule has 0 saturated carbocycles. The molecule has 3 nitrogen and oxygen atoms in total. The molecule has 0 amide bonds. The van der Waals surface area contributed by atoms with Crippen LogP contribution in [0.3, 0.4) is 0 Å². The minimum atomic E-state index is -1.88. The van der Waals surface area contributed by atoms with Gasteiger partial charge in [0.05, 0.1) is 0 Å². The van der Waals surface area contributed by atoms with E-state index in [1.54, 1.807) is 19.1 Å². The van der Waals surface area contributed by atoms with Gasteiger partial charge in [-0.3, -0.25) is 0 Å². The van der Waals surface area contributed by atoms with Gasteiger partial charge in [-0.1, -0.05) is 18.2 Å². The van der Waals surface area contributed by atoms with Crippen molar-refractivity contribution in [1.29, 1.82) is 0 Å². The molecular weight excluding hydrogens is 265 g/mol. The van der Waals surface area contributed by atoms with Gasteiger partial charge in [-0.05, 0) is 30.2 Å². The fraction of sp³-hybridized carbons (Fsp3) is 0.143. The van der Waals surface area contributed by atoms with Crippen molar-refractivity contribution in [3.8, 4) is 5.75 Å². The van der Waals surface area contributed by atoms with Crippen LogP contribution in [-0.2, 0) is 6.61 Å². The molecule has 0 atom stereocenters. The van der Waals surface area contributed by atoms with Crippen LogP contribution in [0.2, 0.25) is 0 Å². The van der Waals surface area contributed by atoms with Crippen molar-refractivity contribution in [2.75, 3.05) is 0 Å². The van der Waals surface area contributed by atoms with Gasteiger partial charge >= 0.3 is 7.12 Å². The Kier molecular flexibility index (Phi) is 4.37. The molecule has 2 N–H and O–H groups in total. The molecule has 0 radical (unpaired) electrons. The number of aryl methyl sites for hydroxylation is 1. The summed E-state index contributed by atoms with van der Waals surface area (Å²) < 4.78 is 32.0. The minimum absolute atomic E-state index is 0.0719. The van der Waals surface area contributed by atoms with Crippen LogP contribution in [0.15, 0.2) is 36.4 Å². The third kappa shape index (κ3) is 3.34. The molecule has 2 aromatic carbocycles. The van der Waals surface area contributed by atoms with E-state index in [0.29, 0.717) is 16.9 Å². The Morgan fingerprint density at radius 1 is 1.05 bits per heavy atom. The Labute approximate surface area is 115 Å². The van der Waals surface area contributed by atoms with E-state index in [1.807, 2.05) is 0 Å². The third-order valence-electron chi connectivity index (χ3n) is 2.89. The lowest BCUT2D eigenvalue weighted by molar-refractivity contribution is 0.304. The summed E-state index contributed by atoms with van der Waals surface area (Å²) in [5.74, 6) is -0.721. The standard InChI is InChI=1S/C14H13BF2O3/c1-9-2-4-11(7-14(9)17)20-8-10-3-5-13(16)12(6-10)15(18)19/h2-7,18-19H,8H2,1H3. The number of halogens is 2. The maximum atomic E-state index is 13.3. The first kappa shape index (κ1) is 14.5. The fourth-order valence-corrected chi connectivity index (χ4v) is 1.71. The zero-order valence-electron chi connectivity index (χ0n) is 10.8. The van der Waals surface area contributed by atoms with E-state index in [1.165, 1.54) is 18.2 Å². The summed E-state index contributed by atoms with van der Waals surface area (Å²) in [4.78, 5) is 0. The molecule has 104 valence electrons.